The fourth-order valence-electron chi connectivity index (χ4n) is 1.80. The number of hydrogen-bond donors (Lipinski definition) is 1. The number of carboxylic acids is 1. The van der Waals surface area contributed by atoms with Crippen molar-refractivity contribution >= 4 is 23.4 Å². The normalized spacial score (nSPS) is 10.6. The molecule has 0 saturated carbocycles. The van der Waals surface area contributed by atoms with Gasteiger partial charge in [-0.05, 0) is 25.0 Å². The van der Waals surface area contributed by atoms with Gasteiger partial charge in [0.05, 0.1) is 5.02 Å². The van der Waals surface area contributed by atoms with E-state index in [1.807, 2.05) is 11.9 Å². The predicted octanol–water partition coefficient (Wildman–Crippen LogP) is 3.06. The van der Waals surface area contributed by atoms with Crippen LogP contribution in [0, 0.1) is 0 Å². The van der Waals surface area contributed by atoms with Crippen LogP contribution >= 0.6 is 11.6 Å². The third-order valence-electron chi connectivity index (χ3n) is 2.89. The first-order valence-corrected chi connectivity index (χ1v) is 6.01. The molecule has 1 rings (SSSR count). The number of pyridine rings is 1. The van der Waals surface area contributed by atoms with Crippen LogP contribution in [0.25, 0.3) is 0 Å². The number of nitrogens with zero attached hydrogens (tertiary/aromatic N) is 2. The first-order valence-electron chi connectivity index (χ1n) is 5.63. The van der Waals surface area contributed by atoms with Gasteiger partial charge in [-0.1, -0.05) is 25.4 Å². The Hall–Kier alpha value is -1.29. The number of anilines is 1. The van der Waals surface area contributed by atoms with Crippen molar-refractivity contribution in [1.29, 1.82) is 0 Å². The summed E-state index contributed by atoms with van der Waals surface area (Å²) < 4.78 is 0. The third-order valence-corrected chi connectivity index (χ3v) is 3.19. The molecule has 1 aromatic heterocycles. The quantitative estimate of drug-likeness (QED) is 0.880. The van der Waals surface area contributed by atoms with Crippen LogP contribution in [0.4, 0.5) is 5.82 Å². The van der Waals surface area contributed by atoms with Crippen LogP contribution in [-0.2, 0) is 0 Å². The average Bonchev–Trinajstić information content (AvgIpc) is 2.30. The number of rotatable bonds is 5. The molecule has 94 valence electrons. The van der Waals surface area contributed by atoms with E-state index in [-0.39, 0.29) is 10.7 Å². The van der Waals surface area contributed by atoms with Gasteiger partial charge < -0.3 is 10.0 Å². The zero-order chi connectivity index (χ0) is 13.0. The Morgan fingerprint density at radius 1 is 1.47 bits per heavy atom. The van der Waals surface area contributed by atoms with Crippen LogP contribution in [0.1, 0.15) is 37.2 Å². The molecule has 1 N–H and O–H groups in total. The molecule has 0 bridgehead atoms. The lowest BCUT2D eigenvalue weighted by atomic mass is 10.1. The molecule has 0 radical (unpaired) electrons. The second-order valence-electron chi connectivity index (χ2n) is 3.89. The van der Waals surface area contributed by atoms with E-state index in [0.29, 0.717) is 11.9 Å². The van der Waals surface area contributed by atoms with Gasteiger partial charge >= 0.3 is 5.97 Å². The molecular weight excluding hydrogens is 240 g/mol. The van der Waals surface area contributed by atoms with E-state index in [1.54, 1.807) is 12.1 Å². The molecule has 0 fully saturated rings. The summed E-state index contributed by atoms with van der Waals surface area (Å²) in [4.78, 5) is 17.0. The molecule has 0 saturated heterocycles. The SMILES string of the molecule is CCC(CC)N(C)c1ccc(Cl)c(C(=O)O)n1. The minimum absolute atomic E-state index is 0.0954. The minimum atomic E-state index is -1.10. The maximum absolute atomic E-state index is 10.9. The third kappa shape index (κ3) is 3.09. The molecule has 0 atom stereocenters. The number of aromatic nitrogens is 1. The van der Waals surface area contributed by atoms with Gasteiger partial charge in [-0.3, -0.25) is 0 Å². The fourth-order valence-corrected chi connectivity index (χ4v) is 1.99. The van der Waals surface area contributed by atoms with Crippen LogP contribution < -0.4 is 4.90 Å². The fraction of sp³-hybridized carbons (Fsp3) is 0.500. The highest BCUT2D eigenvalue weighted by molar-refractivity contribution is 6.33. The summed E-state index contributed by atoms with van der Waals surface area (Å²) in [5.41, 5.74) is -0.0954. The summed E-state index contributed by atoms with van der Waals surface area (Å²) in [6, 6.07) is 3.67. The molecule has 4 nitrogen and oxygen atoms in total. The molecule has 0 aromatic carbocycles. The average molecular weight is 257 g/mol. The highest BCUT2D eigenvalue weighted by Crippen LogP contribution is 2.21. The van der Waals surface area contributed by atoms with Gasteiger partial charge in [0, 0.05) is 13.1 Å². The van der Waals surface area contributed by atoms with Crippen molar-refractivity contribution in [3.8, 4) is 0 Å². The van der Waals surface area contributed by atoms with Crippen molar-refractivity contribution < 1.29 is 9.90 Å². The lowest BCUT2D eigenvalue weighted by Gasteiger charge is -2.27. The van der Waals surface area contributed by atoms with Crippen LogP contribution in [0.15, 0.2) is 12.1 Å². The smallest absolute Gasteiger partial charge is 0.356 e. The number of carbonyl (C=O) groups is 1. The molecule has 0 aliphatic rings. The molecule has 1 heterocycles. The molecule has 0 spiro atoms. The molecule has 17 heavy (non-hydrogen) atoms. The Bertz CT molecular complexity index is 405. The van der Waals surface area contributed by atoms with Gasteiger partial charge in [-0.2, -0.15) is 0 Å². The maximum Gasteiger partial charge on any atom is 0.356 e. The van der Waals surface area contributed by atoms with Gasteiger partial charge in [0.1, 0.15) is 5.82 Å². The molecular formula is C12H17ClN2O2. The molecule has 0 unspecified atom stereocenters. The van der Waals surface area contributed by atoms with Crippen molar-refractivity contribution in [3.05, 3.63) is 22.8 Å². The van der Waals surface area contributed by atoms with Gasteiger partial charge in [0.25, 0.3) is 0 Å². The highest BCUT2D eigenvalue weighted by Gasteiger charge is 2.16. The first kappa shape index (κ1) is 13.8. The van der Waals surface area contributed by atoms with Gasteiger partial charge in [0.2, 0.25) is 0 Å². The summed E-state index contributed by atoms with van der Waals surface area (Å²) in [7, 11) is 1.92. The van der Waals surface area contributed by atoms with E-state index in [0.717, 1.165) is 12.8 Å². The highest BCUT2D eigenvalue weighted by atomic mass is 35.5. The maximum atomic E-state index is 10.9. The number of aromatic carboxylic acids is 1. The van der Waals surface area contributed by atoms with E-state index < -0.39 is 5.97 Å². The summed E-state index contributed by atoms with van der Waals surface area (Å²) in [6.45, 7) is 4.19. The molecule has 0 aliphatic heterocycles. The Morgan fingerprint density at radius 2 is 2.06 bits per heavy atom. The number of hydrogen-bond acceptors (Lipinski definition) is 3. The molecule has 1 aromatic rings. The number of halogens is 1. The summed E-state index contributed by atoms with van der Waals surface area (Å²) >= 11 is 5.78. The van der Waals surface area contributed by atoms with Gasteiger partial charge in [0.15, 0.2) is 5.69 Å². The molecule has 0 aliphatic carbocycles. The zero-order valence-corrected chi connectivity index (χ0v) is 11.0. The molecule has 0 amide bonds. The van der Waals surface area contributed by atoms with Crippen LogP contribution in [-0.4, -0.2) is 29.1 Å². The van der Waals surface area contributed by atoms with Crippen LogP contribution in [0.2, 0.25) is 5.02 Å². The minimum Gasteiger partial charge on any atom is -0.476 e. The van der Waals surface area contributed by atoms with E-state index in [2.05, 4.69) is 18.8 Å². The molecule has 5 heteroatoms. The predicted molar refractivity (Wildman–Crippen MR) is 69.0 cm³/mol. The summed E-state index contributed by atoms with van der Waals surface area (Å²) in [5.74, 6) is -0.463. The van der Waals surface area contributed by atoms with Crippen LogP contribution in [0.3, 0.4) is 0 Å². The first-order chi connectivity index (χ1) is 8.01. The summed E-state index contributed by atoms with van der Waals surface area (Å²) in [5, 5.41) is 9.13. The van der Waals surface area contributed by atoms with Crippen molar-refractivity contribution in [2.24, 2.45) is 0 Å². The van der Waals surface area contributed by atoms with Crippen molar-refractivity contribution in [1.82, 2.24) is 4.98 Å². The lowest BCUT2D eigenvalue weighted by molar-refractivity contribution is 0.0691. The Balaban J connectivity index is 3.06. The summed E-state index contributed by atoms with van der Waals surface area (Å²) in [6.07, 6.45) is 1.97. The Morgan fingerprint density at radius 3 is 2.53 bits per heavy atom. The van der Waals surface area contributed by atoms with E-state index in [1.165, 1.54) is 0 Å². The lowest BCUT2D eigenvalue weighted by Crippen LogP contribution is -2.31. The Labute approximate surface area is 106 Å². The zero-order valence-electron chi connectivity index (χ0n) is 10.3. The van der Waals surface area contributed by atoms with E-state index in [4.69, 9.17) is 16.7 Å². The van der Waals surface area contributed by atoms with E-state index in [9.17, 15) is 4.79 Å². The second-order valence-corrected chi connectivity index (χ2v) is 4.29. The topological polar surface area (TPSA) is 53.4 Å². The van der Waals surface area contributed by atoms with E-state index >= 15 is 0 Å². The largest absolute Gasteiger partial charge is 0.476 e. The van der Waals surface area contributed by atoms with Gasteiger partial charge in [-0.25, -0.2) is 9.78 Å². The second kappa shape index (κ2) is 5.87. The van der Waals surface area contributed by atoms with Crippen LogP contribution in [0.5, 0.6) is 0 Å². The Kier molecular flexibility index (Phi) is 4.75. The van der Waals surface area contributed by atoms with Crippen molar-refractivity contribution in [2.75, 3.05) is 11.9 Å². The monoisotopic (exact) mass is 256 g/mol. The van der Waals surface area contributed by atoms with Gasteiger partial charge in [-0.15, -0.1) is 0 Å². The van der Waals surface area contributed by atoms with Crippen molar-refractivity contribution in [2.45, 2.75) is 32.7 Å². The number of carboxylic acid groups (broad SMARTS) is 1. The standard InChI is InChI=1S/C12H17ClN2O2/c1-4-8(5-2)15(3)10-7-6-9(13)11(14-10)12(16)17/h6-8H,4-5H2,1-3H3,(H,16,17). The van der Waals surface area contributed by atoms with Crippen molar-refractivity contribution in [3.63, 3.8) is 0 Å².